The molecule has 24 heavy (non-hydrogen) atoms. The summed E-state index contributed by atoms with van der Waals surface area (Å²) in [5.41, 5.74) is 2.11. The number of hydrogen-bond donors (Lipinski definition) is 1. The minimum atomic E-state index is -0.0109. The van der Waals surface area contributed by atoms with E-state index in [0.717, 1.165) is 36.1 Å². The second-order valence-corrected chi connectivity index (χ2v) is 7.10. The van der Waals surface area contributed by atoms with Crippen LogP contribution in [0.4, 0.5) is 5.69 Å². The zero-order valence-electron chi connectivity index (χ0n) is 14.3. The second kappa shape index (κ2) is 7.83. The molecule has 0 aliphatic heterocycles. The van der Waals surface area contributed by atoms with Crippen LogP contribution < -0.4 is 5.32 Å². The van der Waals surface area contributed by atoms with Crippen molar-refractivity contribution in [3.8, 4) is 0 Å². The third-order valence-electron chi connectivity index (χ3n) is 4.11. The van der Waals surface area contributed by atoms with Crippen LogP contribution in [0.5, 0.6) is 0 Å². The average Bonchev–Trinajstić information content (AvgIpc) is 3.36. The molecule has 6 heteroatoms. The first-order valence-corrected chi connectivity index (χ1v) is 9.64. The van der Waals surface area contributed by atoms with Gasteiger partial charge in [-0.25, -0.2) is 0 Å². The first-order valence-electron chi connectivity index (χ1n) is 8.66. The van der Waals surface area contributed by atoms with Crippen molar-refractivity contribution >= 4 is 23.4 Å². The standard InChI is InChI=1S/C18H24N4OS/c1-3-11-22-17(14-7-8-14)20-21-18(22)24-12-16(23)19-15-9-5-13(4-2)6-10-15/h5-6,9-10,14H,3-4,7-8,11-12H2,1-2H3,(H,19,23). The van der Waals surface area contributed by atoms with Crippen LogP contribution in [-0.4, -0.2) is 26.4 Å². The first-order chi connectivity index (χ1) is 11.7. The zero-order chi connectivity index (χ0) is 16.9. The lowest BCUT2D eigenvalue weighted by Crippen LogP contribution is -2.14. The lowest BCUT2D eigenvalue weighted by molar-refractivity contribution is -0.113. The molecule has 128 valence electrons. The number of carbonyl (C=O) groups excluding carboxylic acids is 1. The van der Waals surface area contributed by atoms with Gasteiger partial charge in [-0.15, -0.1) is 10.2 Å². The maximum Gasteiger partial charge on any atom is 0.234 e. The Bertz CT molecular complexity index is 692. The minimum absolute atomic E-state index is 0.0109. The highest BCUT2D eigenvalue weighted by Gasteiger charge is 2.30. The van der Waals surface area contributed by atoms with Crippen molar-refractivity contribution in [2.45, 2.75) is 57.1 Å². The molecule has 1 aliphatic carbocycles. The van der Waals surface area contributed by atoms with E-state index in [9.17, 15) is 4.79 Å². The van der Waals surface area contributed by atoms with Gasteiger partial charge >= 0.3 is 0 Å². The van der Waals surface area contributed by atoms with Gasteiger partial charge in [0, 0.05) is 18.2 Å². The molecule has 1 amide bonds. The van der Waals surface area contributed by atoms with Crippen LogP contribution in [0.25, 0.3) is 0 Å². The van der Waals surface area contributed by atoms with Crippen LogP contribution in [0.1, 0.15) is 50.4 Å². The maximum absolute atomic E-state index is 12.2. The Labute approximate surface area is 147 Å². The van der Waals surface area contributed by atoms with E-state index in [4.69, 9.17) is 0 Å². The monoisotopic (exact) mass is 344 g/mol. The molecular weight excluding hydrogens is 320 g/mol. The number of thioether (sulfide) groups is 1. The highest BCUT2D eigenvalue weighted by Crippen LogP contribution is 2.40. The lowest BCUT2D eigenvalue weighted by atomic mass is 10.1. The Morgan fingerprint density at radius 2 is 2.00 bits per heavy atom. The number of rotatable bonds is 8. The fraction of sp³-hybridized carbons (Fsp3) is 0.500. The summed E-state index contributed by atoms with van der Waals surface area (Å²) in [6.45, 7) is 5.19. The molecule has 5 nitrogen and oxygen atoms in total. The van der Waals surface area contributed by atoms with E-state index in [-0.39, 0.29) is 5.91 Å². The summed E-state index contributed by atoms with van der Waals surface area (Å²) in [6.07, 6.45) is 4.46. The molecule has 1 aliphatic rings. The molecule has 1 heterocycles. The largest absolute Gasteiger partial charge is 0.325 e. The smallest absolute Gasteiger partial charge is 0.234 e. The first kappa shape index (κ1) is 17.0. The topological polar surface area (TPSA) is 59.8 Å². The van der Waals surface area contributed by atoms with Gasteiger partial charge < -0.3 is 9.88 Å². The van der Waals surface area contributed by atoms with Gasteiger partial charge in [0.1, 0.15) is 5.82 Å². The van der Waals surface area contributed by atoms with Gasteiger partial charge in [0.05, 0.1) is 5.75 Å². The van der Waals surface area contributed by atoms with Crippen LogP contribution in [0.3, 0.4) is 0 Å². The number of anilines is 1. The van der Waals surface area contributed by atoms with Crippen molar-refractivity contribution in [1.82, 2.24) is 14.8 Å². The van der Waals surface area contributed by atoms with Crippen molar-refractivity contribution in [1.29, 1.82) is 0 Å². The van der Waals surface area contributed by atoms with Gasteiger partial charge in [-0.05, 0) is 43.4 Å². The minimum Gasteiger partial charge on any atom is -0.325 e. The van der Waals surface area contributed by atoms with E-state index in [0.29, 0.717) is 11.7 Å². The summed E-state index contributed by atoms with van der Waals surface area (Å²) < 4.78 is 2.19. The lowest BCUT2D eigenvalue weighted by Gasteiger charge is -2.08. The Hall–Kier alpha value is -1.82. The van der Waals surface area contributed by atoms with Gasteiger partial charge in [-0.2, -0.15) is 0 Å². The third-order valence-corrected chi connectivity index (χ3v) is 5.08. The van der Waals surface area contributed by atoms with E-state index < -0.39 is 0 Å². The molecule has 0 atom stereocenters. The number of carbonyl (C=O) groups is 1. The number of aryl methyl sites for hydroxylation is 1. The van der Waals surface area contributed by atoms with E-state index in [1.165, 1.54) is 30.2 Å². The predicted octanol–water partition coefficient (Wildman–Crippen LogP) is 3.86. The maximum atomic E-state index is 12.2. The predicted molar refractivity (Wildman–Crippen MR) is 97.5 cm³/mol. The molecule has 0 bridgehead atoms. The van der Waals surface area contributed by atoms with Crippen LogP contribution in [-0.2, 0) is 17.8 Å². The number of benzene rings is 1. The number of nitrogens with one attached hydrogen (secondary N) is 1. The number of nitrogens with zero attached hydrogens (tertiary/aromatic N) is 3. The summed E-state index contributed by atoms with van der Waals surface area (Å²) >= 11 is 1.47. The van der Waals surface area contributed by atoms with Crippen molar-refractivity contribution in [2.24, 2.45) is 0 Å². The SMILES string of the molecule is CCCn1c(SCC(=O)Nc2ccc(CC)cc2)nnc1C1CC1. The molecule has 1 aromatic carbocycles. The van der Waals surface area contributed by atoms with Crippen LogP contribution in [0.15, 0.2) is 29.4 Å². The molecule has 1 fully saturated rings. The van der Waals surface area contributed by atoms with Crippen molar-refractivity contribution in [3.05, 3.63) is 35.7 Å². The quantitative estimate of drug-likeness (QED) is 0.739. The molecule has 1 saturated carbocycles. The summed E-state index contributed by atoms with van der Waals surface area (Å²) in [6, 6.07) is 7.99. The molecule has 0 spiro atoms. The van der Waals surface area contributed by atoms with E-state index >= 15 is 0 Å². The van der Waals surface area contributed by atoms with E-state index in [2.05, 4.69) is 33.9 Å². The number of amides is 1. The molecule has 2 aromatic rings. The van der Waals surface area contributed by atoms with Crippen LogP contribution >= 0.6 is 11.8 Å². The molecule has 0 saturated heterocycles. The van der Waals surface area contributed by atoms with Crippen molar-refractivity contribution in [2.75, 3.05) is 11.1 Å². The van der Waals surface area contributed by atoms with Gasteiger partial charge in [0.15, 0.2) is 5.16 Å². The Morgan fingerprint density at radius 1 is 1.25 bits per heavy atom. The van der Waals surface area contributed by atoms with Gasteiger partial charge in [0.2, 0.25) is 5.91 Å². The normalized spacial score (nSPS) is 13.9. The fourth-order valence-corrected chi connectivity index (χ4v) is 3.41. The third kappa shape index (κ3) is 4.17. The summed E-state index contributed by atoms with van der Waals surface area (Å²) in [4.78, 5) is 12.2. The number of hydrogen-bond acceptors (Lipinski definition) is 4. The number of aromatic nitrogens is 3. The van der Waals surface area contributed by atoms with E-state index in [1.807, 2.05) is 24.3 Å². The summed E-state index contributed by atoms with van der Waals surface area (Å²) in [5, 5.41) is 12.4. The van der Waals surface area contributed by atoms with Crippen molar-refractivity contribution in [3.63, 3.8) is 0 Å². The van der Waals surface area contributed by atoms with Gasteiger partial charge in [-0.3, -0.25) is 4.79 Å². The van der Waals surface area contributed by atoms with Crippen LogP contribution in [0, 0.1) is 0 Å². The molecule has 3 rings (SSSR count). The van der Waals surface area contributed by atoms with Gasteiger partial charge in [0.25, 0.3) is 0 Å². The highest BCUT2D eigenvalue weighted by molar-refractivity contribution is 7.99. The van der Waals surface area contributed by atoms with E-state index in [1.54, 1.807) is 0 Å². The summed E-state index contributed by atoms with van der Waals surface area (Å²) in [5.74, 6) is 2.00. The summed E-state index contributed by atoms with van der Waals surface area (Å²) in [7, 11) is 0. The average molecular weight is 344 g/mol. The zero-order valence-corrected chi connectivity index (χ0v) is 15.1. The highest BCUT2D eigenvalue weighted by atomic mass is 32.2. The van der Waals surface area contributed by atoms with Crippen LogP contribution in [0.2, 0.25) is 0 Å². The Balaban J connectivity index is 1.57. The molecule has 1 aromatic heterocycles. The molecular formula is C18H24N4OS. The second-order valence-electron chi connectivity index (χ2n) is 6.15. The molecule has 0 unspecified atom stereocenters. The Morgan fingerprint density at radius 3 is 2.62 bits per heavy atom. The molecule has 1 N–H and O–H groups in total. The Kier molecular flexibility index (Phi) is 5.56. The van der Waals surface area contributed by atoms with Crippen molar-refractivity contribution < 1.29 is 4.79 Å². The van der Waals surface area contributed by atoms with Gasteiger partial charge in [-0.1, -0.05) is 37.7 Å². The molecule has 0 radical (unpaired) electrons. The fourth-order valence-electron chi connectivity index (χ4n) is 2.64.